The summed E-state index contributed by atoms with van der Waals surface area (Å²) in [6.45, 7) is 3.72. The molecule has 0 spiro atoms. The number of hydrogen-bond acceptors (Lipinski definition) is 3. The number of halogens is 2. The van der Waals surface area contributed by atoms with Gasteiger partial charge in [0.15, 0.2) is 0 Å². The molecule has 0 aliphatic heterocycles. The van der Waals surface area contributed by atoms with Crippen LogP contribution in [-0.2, 0) is 13.2 Å². The molecule has 1 aromatic carbocycles. The lowest BCUT2D eigenvalue weighted by atomic mass is 10.2. The summed E-state index contributed by atoms with van der Waals surface area (Å²) >= 11 is 6.11. The Morgan fingerprint density at radius 1 is 1.35 bits per heavy atom. The number of ether oxygens (including phenoxy) is 1. The van der Waals surface area contributed by atoms with E-state index in [1.807, 2.05) is 6.92 Å². The third-order valence-electron chi connectivity index (χ3n) is 2.77. The Balaban J connectivity index is 2.01. The highest BCUT2D eigenvalue weighted by Crippen LogP contribution is 2.23. The molecule has 5 heteroatoms. The van der Waals surface area contributed by atoms with Gasteiger partial charge in [0.25, 0.3) is 0 Å². The van der Waals surface area contributed by atoms with Gasteiger partial charge >= 0.3 is 0 Å². The average molecular weight is 295 g/mol. The Morgan fingerprint density at radius 2 is 2.15 bits per heavy atom. The maximum atomic E-state index is 13.5. The van der Waals surface area contributed by atoms with Crippen molar-refractivity contribution in [2.24, 2.45) is 0 Å². The molecule has 0 bridgehead atoms. The lowest BCUT2D eigenvalue weighted by molar-refractivity contribution is 0.288. The van der Waals surface area contributed by atoms with Crippen LogP contribution in [0, 0.1) is 5.82 Å². The molecule has 0 saturated carbocycles. The number of rotatable bonds is 6. The Bertz CT molecular complexity index is 578. The molecule has 0 unspecified atom stereocenters. The molecule has 2 rings (SSSR count). The summed E-state index contributed by atoms with van der Waals surface area (Å²) in [4.78, 5) is 4.16. The molecular formula is C15H16ClFN2O. The van der Waals surface area contributed by atoms with E-state index in [0.717, 1.165) is 12.1 Å². The van der Waals surface area contributed by atoms with Crippen molar-refractivity contribution in [2.75, 3.05) is 6.54 Å². The summed E-state index contributed by atoms with van der Waals surface area (Å²) in [6, 6.07) is 8.26. The topological polar surface area (TPSA) is 34.2 Å². The fourth-order valence-corrected chi connectivity index (χ4v) is 1.94. The third-order valence-corrected chi connectivity index (χ3v) is 3.04. The predicted molar refractivity (Wildman–Crippen MR) is 77.4 cm³/mol. The van der Waals surface area contributed by atoms with Crippen molar-refractivity contribution >= 4 is 11.6 Å². The zero-order chi connectivity index (χ0) is 14.4. The van der Waals surface area contributed by atoms with Crippen LogP contribution in [0.3, 0.4) is 0 Å². The first-order valence-electron chi connectivity index (χ1n) is 6.42. The summed E-state index contributed by atoms with van der Waals surface area (Å²) in [5, 5.41) is 3.62. The Morgan fingerprint density at radius 3 is 2.85 bits per heavy atom. The van der Waals surface area contributed by atoms with Gasteiger partial charge in [0.2, 0.25) is 5.88 Å². The molecular weight excluding hydrogens is 279 g/mol. The molecule has 3 nitrogen and oxygen atoms in total. The normalized spacial score (nSPS) is 10.6. The van der Waals surface area contributed by atoms with Crippen molar-refractivity contribution in [2.45, 2.75) is 20.1 Å². The highest BCUT2D eigenvalue weighted by atomic mass is 35.5. The van der Waals surface area contributed by atoms with Gasteiger partial charge in [-0.15, -0.1) is 0 Å². The number of pyridine rings is 1. The van der Waals surface area contributed by atoms with Crippen molar-refractivity contribution < 1.29 is 9.13 Å². The van der Waals surface area contributed by atoms with Gasteiger partial charge in [-0.2, -0.15) is 0 Å². The van der Waals surface area contributed by atoms with Crippen molar-refractivity contribution in [3.05, 3.63) is 58.5 Å². The number of nitrogens with one attached hydrogen (secondary N) is 1. The summed E-state index contributed by atoms with van der Waals surface area (Å²) in [5.74, 6) is 0.0163. The Kier molecular flexibility index (Phi) is 5.32. The van der Waals surface area contributed by atoms with Crippen LogP contribution in [0.25, 0.3) is 0 Å². The smallest absolute Gasteiger partial charge is 0.232 e. The summed E-state index contributed by atoms with van der Waals surface area (Å²) in [6.07, 6.45) is 1.70. The number of hydrogen-bond donors (Lipinski definition) is 1. The molecule has 106 valence electrons. The molecule has 0 fully saturated rings. The lowest BCUT2D eigenvalue weighted by Crippen LogP contribution is -2.12. The van der Waals surface area contributed by atoms with E-state index in [1.165, 1.54) is 6.07 Å². The monoisotopic (exact) mass is 294 g/mol. The maximum absolute atomic E-state index is 13.5. The van der Waals surface area contributed by atoms with Crippen LogP contribution < -0.4 is 10.1 Å². The summed E-state index contributed by atoms with van der Waals surface area (Å²) in [7, 11) is 0. The predicted octanol–water partition coefficient (Wildman–Crippen LogP) is 3.56. The second kappa shape index (κ2) is 7.22. The van der Waals surface area contributed by atoms with E-state index in [4.69, 9.17) is 16.3 Å². The van der Waals surface area contributed by atoms with Crippen LogP contribution in [0.15, 0.2) is 36.5 Å². The van der Waals surface area contributed by atoms with E-state index in [-0.39, 0.29) is 12.4 Å². The quantitative estimate of drug-likeness (QED) is 0.884. The minimum Gasteiger partial charge on any atom is -0.472 e. The van der Waals surface area contributed by atoms with Gasteiger partial charge in [-0.05, 0) is 24.2 Å². The fraction of sp³-hybridized carbons (Fsp3) is 0.267. The highest BCUT2D eigenvalue weighted by Gasteiger charge is 2.07. The van der Waals surface area contributed by atoms with E-state index < -0.39 is 0 Å². The van der Waals surface area contributed by atoms with Crippen LogP contribution in [0.4, 0.5) is 4.39 Å². The van der Waals surface area contributed by atoms with E-state index in [0.29, 0.717) is 23.0 Å². The average Bonchev–Trinajstić information content (AvgIpc) is 2.45. The highest BCUT2D eigenvalue weighted by molar-refractivity contribution is 6.31. The molecule has 1 aromatic heterocycles. The van der Waals surface area contributed by atoms with Crippen LogP contribution in [-0.4, -0.2) is 11.5 Å². The fourth-order valence-electron chi connectivity index (χ4n) is 1.70. The Hall–Kier alpha value is -1.65. The minimum atomic E-state index is -0.299. The molecule has 1 heterocycles. The first-order valence-corrected chi connectivity index (χ1v) is 6.80. The van der Waals surface area contributed by atoms with E-state index in [9.17, 15) is 4.39 Å². The van der Waals surface area contributed by atoms with Gasteiger partial charge in [0, 0.05) is 18.3 Å². The molecule has 0 atom stereocenters. The molecule has 2 aromatic rings. The van der Waals surface area contributed by atoms with Gasteiger partial charge in [-0.1, -0.05) is 36.7 Å². The van der Waals surface area contributed by atoms with Crippen molar-refractivity contribution in [1.29, 1.82) is 0 Å². The van der Waals surface area contributed by atoms with Crippen LogP contribution in [0.1, 0.15) is 18.1 Å². The van der Waals surface area contributed by atoms with Gasteiger partial charge in [0.1, 0.15) is 17.4 Å². The van der Waals surface area contributed by atoms with Crippen molar-refractivity contribution in [1.82, 2.24) is 10.3 Å². The molecule has 0 aliphatic carbocycles. The van der Waals surface area contributed by atoms with Gasteiger partial charge in [-0.3, -0.25) is 0 Å². The Labute approximate surface area is 122 Å². The number of nitrogens with zero attached hydrogens (tertiary/aromatic N) is 1. The number of aromatic nitrogens is 1. The SMILES string of the molecule is CCNCc1cnc(OCc2ccccc2F)c(Cl)c1. The first kappa shape index (κ1) is 14.8. The second-order valence-corrected chi connectivity index (χ2v) is 4.70. The van der Waals surface area contributed by atoms with E-state index in [2.05, 4.69) is 10.3 Å². The molecule has 20 heavy (non-hydrogen) atoms. The van der Waals surface area contributed by atoms with E-state index in [1.54, 1.807) is 30.5 Å². The van der Waals surface area contributed by atoms with Gasteiger partial charge < -0.3 is 10.1 Å². The van der Waals surface area contributed by atoms with Crippen LogP contribution >= 0.6 is 11.6 Å². The largest absolute Gasteiger partial charge is 0.472 e. The number of benzene rings is 1. The molecule has 1 N–H and O–H groups in total. The zero-order valence-electron chi connectivity index (χ0n) is 11.2. The first-order chi connectivity index (χ1) is 9.70. The maximum Gasteiger partial charge on any atom is 0.232 e. The van der Waals surface area contributed by atoms with Crippen molar-refractivity contribution in [3.8, 4) is 5.88 Å². The lowest BCUT2D eigenvalue weighted by Gasteiger charge is -2.09. The third kappa shape index (κ3) is 3.92. The van der Waals surface area contributed by atoms with Crippen molar-refractivity contribution in [3.63, 3.8) is 0 Å². The van der Waals surface area contributed by atoms with Crippen LogP contribution in [0.2, 0.25) is 5.02 Å². The summed E-state index contributed by atoms with van der Waals surface area (Å²) in [5.41, 5.74) is 1.46. The van der Waals surface area contributed by atoms with E-state index >= 15 is 0 Å². The zero-order valence-corrected chi connectivity index (χ0v) is 12.0. The van der Waals surface area contributed by atoms with Gasteiger partial charge in [0.05, 0.1) is 0 Å². The molecule has 0 radical (unpaired) electrons. The molecule has 0 amide bonds. The minimum absolute atomic E-state index is 0.103. The van der Waals surface area contributed by atoms with Crippen LogP contribution in [0.5, 0.6) is 5.88 Å². The second-order valence-electron chi connectivity index (χ2n) is 4.29. The molecule has 0 saturated heterocycles. The summed E-state index contributed by atoms with van der Waals surface area (Å²) < 4.78 is 18.9. The molecule has 0 aliphatic rings. The van der Waals surface area contributed by atoms with Gasteiger partial charge in [-0.25, -0.2) is 9.37 Å². The standard InChI is InChI=1S/C15H16ClFN2O/c1-2-18-8-11-7-13(16)15(19-9-11)20-10-12-5-3-4-6-14(12)17/h3-7,9,18H,2,8,10H2,1H3.